The number of hydrogen-bond donors (Lipinski definition) is 1. The number of halogens is 1. The smallest absolute Gasteiger partial charge is 0.0420 e. The summed E-state index contributed by atoms with van der Waals surface area (Å²) in [5.74, 6) is 1.14. The van der Waals surface area contributed by atoms with E-state index in [0.717, 1.165) is 29.9 Å². The molecule has 0 aliphatic heterocycles. The van der Waals surface area contributed by atoms with E-state index in [-0.39, 0.29) is 0 Å². The van der Waals surface area contributed by atoms with Crippen LogP contribution < -0.4 is 5.73 Å². The van der Waals surface area contributed by atoms with Gasteiger partial charge in [-0.05, 0) is 30.8 Å². The van der Waals surface area contributed by atoms with Gasteiger partial charge in [-0.2, -0.15) is 11.8 Å². The molecule has 1 aromatic carbocycles. The lowest BCUT2D eigenvalue weighted by molar-refractivity contribution is 0.324. The third-order valence-corrected chi connectivity index (χ3v) is 4.89. The summed E-state index contributed by atoms with van der Waals surface area (Å²) in [5.41, 5.74) is 7.20. The molecular formula is C14H23BrN2S. The van der Waals surface area contributed by atoms with Crippen LogP contribution in [0.15, 0.2) is 28.7 Å². The van der Waals surface area contributed by atoms with Crippen molar-refractivity contribution in [3.63, 3.8) is 0 Å². The summed E-state index contributed by atoms with van der Waals surface area (Å²) < 4.78 is 1.12. The molecule has 0 bridgehead atoms. The summed E-state index contributed by atoms with van der Waals surface area (Å²) in [6.45, 7) is 8.52. The van der Waals surface area contributed by atoms with Crippen LogP contribution >= 0.6 is 27.7 Å². The Balaban J connectivity index is 2.44. The van der Waals surface area contributed by atoms with Crippen molar-refractivity contribution in [3.05, 3.63) is 34.3 Å². The molecule has 4 heteroatoms. The molecule has 0 fully saturated rings. The van der Waals surface area contributed by atoms with Gasteiger partial charge >= 0.3 is 0 Å². The standard InChI is InChI=1S/C14H23BrN2S/c1-3-17(4-2)9-10-18-14(11-16)12-5-7-13(15)8-6-12/h5-8,14H,3-4,9-11,16H2,1-2H3. The average Bonchev–Trinajstić information content (AvgIpc) is 2.41. The molecule has 0 aliphatic rings. The minimum Gasteiger partial charge on any atom is -0.329 e. The molecule has 2 nitrogen and oxygen atoms in total. The fourth-order valence-corrected chi connectivity index (χ4v) is 3.24. The molecule has 0 radical (unpaired) electrons. The van der Waals surface area contributed by atoms with Crippen molar-refractivity contribution in [1.29, 1.82) is 0 Å². The van der Waals surface area contributed by atoms with E-state index in [1.807, 2.05) is 11.8 Å². The first-order valence-corrected chi connectivity index (χ1v) is 8.34. The van der Waals surface area contributed by atoms with Gasteiger partial charge in [-0.3, -0.25) is 0 Å². The van der Waals surface area contributed by atoms with E-state index < -0.39 is 0 Å². The summed E-state index contributed by atoms with van der Waals surface area (Å²) in [5, 5.41) is 0.411. The zero-order valence-corrected chi connectivity index (χ0v) is 13.6. The Bertz CT molecular complexity index is 325. The second-order valence-electron chi connectivity index (χ2n) is 4.17. The van der Waals surface area contributed by atoms with Gasteiger partial charge in [0.25, 0.3) is 0 Å². The first kappa shape index (κ1) is 16.0. The predicted octanol–water partition coefficient (Wildman–Crippen LogP) is 3.52. The van der Waals surface area contributed by atoms with Crippen molar-refractivity contribution in [1.82, 2.24) is 4.90 Å². The van der Waals surface area contributed by atoms with Crippen LogP contribution in [0.2, 0.25) is 0 Å². The molecule has 102 valence electrons. The summed E-state index contributed by atoms with van der Waals surface area (Å²) in [4.78, 5) is 2.45. The van der Waals surface area contributed by atoms with Crippen LogP contribution in [0, 0.1) is 0 Å². The van der Waals surface area contributed by atoms with Crippen molar-refractivity contribution in [3.8, 4) is 0 Å². The second kappa shape index (κ2) is 8.97. The van der Waals surface area contributed by atoms with E-state index in [4.69, 9.17) is 5.73 Å². The van der Waals surface area contributed by atoms with Gasteiger partial charge in [-0.1, -0.05) is 41.9 Å². The predicted molar refractivity (Wildman–Crippen MR) is 86.2 cm³/mol. The molecule has 0 amide bonds. The average molecular weight is 331 g/mol. The number of nitrogens with zero attached hydrogens (tertiary/aromatic N) is 1. The van der Waals surface area contributed by atoms with Crippen molar-refractivity contribution in [2.75, 3.05) is 31.9 Å². The number of hydrogen-bond acceptors (Lipinski definition) is 3. The van der Waals surface area contributed by atoms with Crippen LogP contribution in [0.5, 0.6) is 0 Å². The van der Waals surface area contributed by atoms with Gasteiger partial charge in [-0.15, -0.1) is 0 Å². The van der Waals surface area contributed by atoms with Crippen molar-refractivity contribution in [2.45, 2.75) is 19.1 Å². The monoisotopic (exact) mass is 330 g/mol. The Morgan fingerprint density at radius 2 is 1.83 bits per heavy atom. The molecule has 18 heavy (non-hydrogen) atoms. The van der Waals surface area contributed by atoms with Crippen LogP contribution in [0.3, 0.4) is 0 Å². The SMILES string of the molecule is CCN(CC)CCSC(CN)c1ccc(Br)cc1. The van der Waals surface area contributed by atoms with Gasteiger partial charge in [0.2, 0.25) is 0 Å². The fourth-order valence-electron chi connectivity index (χ4n) is 1.84. The van der Waals surface area contributed by atoms with E-state index in [1.165, 1.54) is 5.56 Å². The highest BCUT2D eigenvalue weighted by Crippen LogP contribution is 2.28. The molecule has 0 aromatic heterocycles. The largest absolute Gasteiger partial charge is 0.329 e. The van der Waals surface area contributed by atoms with Gasteiger partial charge in [0, 0.05) is 28.6 Å². The quantitative estimate of drug-likeness (QED) is 0.790. The molecule has 1 aromatic rings. The van der Waals surface area contributed by atoms with Crippen LogP contribution in [-0.4, -0.2) is 36.8 Å². The van der Waals surface area contributed by atoms with E-state index in [1.54, 1.807) is 0 Å². The molecule has 1 rings (SSSR count). The Kier molecular flexibility index (Phi) is 7.98. The zero-order chi connectivity index (χ0) is 13.4. The third kappa shape index (κ3) is 5.31. The fraction of sp³-hybridized carbons (Fsp3) is 0.571. The van der Waals surface area contributed by atoms with Gasteiger partial charge in [-0.25, -0.2) is 0 Å². The zero-order valence-electron chi connectivity index (χ0n) is 11.2. The van der Waals surface area contributed by atoms with Gasteiger partial charge in [0.15, 0.2) is 0 Å². The molecule has 0 saturated heterocycles. The molecule has 0 saturated carbocycles. The van der Waals surface area contributed by atoms with Crippen LogP contribution in [0.4, 0.5) is 0 Å². The molecule has 0 heterocycles. The summed E-state index contributed by atoms with van der Waals surface area (Å²) >= 11 is 5.42. The Labute approximate surface area is 123 Å². The van der Waals surface area contributed by atoms with Crippen LogP contribution in [0.25, 0.3) is 0 Å². The van der Waals surface area contributed by atoms with Crippen LogP contribution in [0.1, 0.15) is 24.7 Å². The minimum atomic E-state index is 0.411. The number of nitrogens with two attached hydrogens (primary N) is 1. The highest BCUT2D eigenvalue weighted by molar-refractivity contribution is 9.10. The van der Waals surface area contributed by atoms with Gasteiger partial charge in [0.1, 0.15) is 0 Å². The highest BCUT2D eigenvalue weighted by Gasteiger charge is 2.10. The summed E-state index contributed by atoms with van der Waals surface area (Å²) in [7, 11) is 0. The van der Waals surface area contributed by atoms with Crippen LogP contribution in [-0.2, 0) is 0 Å². The third-order valence-electron chi connectivity index (χ3n) is 3.08. The lowest BCUT2D eigenvalue weighted by atomic mass is 10.1. The Hall–Kier alpha value is -0.0300. The maximum absolute atomic E-state index is 5.88. The Morgan fingerprint density at radius 3 is 2.33 bits per heavy atom. The maximum Gasteiger partial charge on any atom is 0.0420 e. The van der Waals surface area contributed by atoms with Crippen molar-refractivity contribution >= 4 is 27.7 Å². The number of thioether (sulfide) groups is 1. The molecule has 1 unspecified atom stereocenters. The lowest BCUT2D eigenvalue weighted by Crippen LogP contribution is -2.26. The minimum absolute atomic E-state index is 0.411. The topological polar surface area (TPSA) is 29.3 Å². The van der Waals surface area contributed by atoms with E-state index >= 15 is 0 Å². The number of rotatable bonds is 8. The van der Waals surface area contributed by atoms with Crippen molar-refractivity contribution < 1.29 is 0 Å². The maximum atomic E-state index is 5.88. The first-order valence-electron chi connectivity index (χ1n) is 6.50. The molecule has 0 aliphatic carbocycles. The molecular weight excluding hydrogens is 308 g/mol. The second-order valence-corrected chi connectivity index (χ2v) is 6.40. The number of benzene rings is 1. The van der Waals surface area contributed by atoms with E-state index in [0.29, 0.717) is 11.8 Å². The van der Waals surface area contributed by atoms with Gasteiger partial charge in [0.05, 0.1) is 0 Å². The Morgan fingerprint density at radius 1 is 1.22 bits per heavy atom. The molecule has 1 atom stereocenters. The summed E-state index contributed by atoms with van der Waals surface area (Å²) in [6, 6.07) is 8.49. The lowest BCUT2D eigenvalue weighted by Gasteiger charge is -2.20. The van der Waals surface area contributed by atoms with E-state index in [2.05, 4.69) is 58.9 Å². The molecule has 0 spiro atoms. The first-order chi connectivity index (χ1) is 8.71. The summed E-state index contributed by atoms with van der Waals surface area (Å²) in [6.07, 6.45) is 0. The van der Waals surface area contributed by atoms with Crippen molar-refractivity contribution in [2.24, 2.45) is 5.73 Å². The van der Waals surface area contributed by atoms with Gasteiger partial charge < -0.3 is 10.6 Å². The highest BCUT2D eigenvalue weighted by atomic mass is 79.9. The molecule has 2 N–H and O–H groups in total. The van der Waals surface area contributed by atoms with E-state index in [9.17, 15) is 0 Å². The normalized spacial score (nSPS) is 12.9.